The highest BCUT2D eigenvalue weighted by Gasteiger charge is 2.25. The second kappa shape index (κ2) is 8.77. The van der Waals surface area contributed by atoms with Gasteiger partial charge in [0, 0.05) is 31.0 Å². The fraction of sp³-hybridized carbons (Fsp3) is 0.200. The van der Waals surface area contributed by atoms with Crippen molar-refractivity contribution in [3.8, 4) is 5.69 Å². The average Bonchev–Trinajstić information content (AvgIpc) is 3.33. The van der Waals surface area contributed by atoms with Crippen molar-refractivity contribution < 1.29 is 9.18 Å². The number of nitrogens with zero attached hydrogens (tertiary/aromatic N) is 9. The first-order valence-corrected chi connectivity index (χ1v) is 12.4. The number of hydrogen-bond donors (Lipinski definition) is 1. The summed E-state index contributed by atoms with van der Waals surface area (Å²) in [7, 11) is 0. The van der Waals surface area contributed by atoms with Crippen LogP contribution in [-0.2, 0) is 13.1 Å². The summed E-state index contributed by atoms with van der Waals surface area (Å²) in [5.41, 5.74) is 4.42. The minimum Gasteiger partial charge on any atom is -0.345 e. The zero-order valence-corrected chi connectivity index (χ0v) is 20.6. The Morgan fingerprint density at radius 1 is 1.18 bits per heavy atom. The number of carbonyl (C=O) groups excluding carboxylic acids is 1. The third-order valence-electron chi connectivity index (χ3n) is 6.58. The van der Waals surface area contributed by atoms with Gasteiger partial charge in [0.1, 0.15) is 11.2 Å². The summed E-state index contributed by atoms with van der Waals surface area (Å²) in [5.74, 6) is -0.469. The third-order valence-corrected chi connectivity index (χ3v) is 6.87. The molecule has 6 aromatic rings. The maximum absolute atomic E-state index is 14.5. The first-order valence-electron chi connectivity index (χ1n) is 12.0. The van der Waals surface area contributed by atoms with Gasteiger partial charge in [-0.2, -0.15) is 5.10 Å². The molecule has 7 rings (SSSR count). The summed E-state index contributed by atoms with van der Waals surface area (Å²) in [5, 5.41) is 15.2. The van der Waals surface area contributed by atoms with Crippen LogP contribution < -0.4 is 5.32 Å². The lowest BCUT2D eigenvalue weighted by atomic mass is 10.2. The van der Waals surface area contributed by atoms with Gasteiger partial charge in [-0.1, -0.05) is 16.8 Å². The Bertz CT molecular complexity index is 1810. The molecule has 1 aliphatic carbocycles. The van der Waals surface area contributed by atoms with Crippen LogP contribution in [0.1, 0.15) is 46.2 Å². The number of amides is 1. The van der Waals surface area contributed by atoms with Gasteiger partial charge in [-0.3, -0.25) is 4.79 Å². The second-order valence-corrected chi connectivity index (χ2v) is 9.66. The van der Waals surface area contributed by atoms with Crippen molar-refractivity contribution in [1.82, 2.24) is 48.9 Å². The molecule has 0 saturated heterocycles. The highest BCUT2D eigenvalue weighted by atomic mass is 35.5. The number of hydrogen-bond acceptors (Lipinski definition) is 6. The van der Waals surface area contributed by atoms with Gasteiger partial charge >= 0.3 is 0 Å². The summed E-state index contributed by atoms with van der Waals surface area (Å²) in [6.07, 6.45) is 14.7. The molecule has 1 aliphatic rings. The first-order chi connectivity index (χ1) is 18.5. The van der Waals surface area contributed by atoms with Crippen LogP contribution in [0.3, 0.4) is 0 Å². The number of carbonyl (C=O) groups is 1. The maximum atomic E-state index is 14.5. The number of nitrogens with one attached hydrogen (secondary N) is 1. The molecule has 6 aromatic heterocycles. The maximum Gasteiger partial charge on any atom is 0.273 e. The normalized spacial score (nSPS) is 13.5. The van der Waals surface area contributed by atoms with Gasteiger partial charge in [0.15, 0.2) is 17.2 Å². The molecule has 0 aliphatic heterocycles. The van der Waals surface area contributed by atoms with Crippen LogP contribution in [0.2, 0.25) is 5.02 Å². The Morgan fingerprint density at radius 2 is 2.08 bits per heavy atom. The summed E-state index contributed by atoms with van der Waals surface area (Å²) >= 11 is 5.89. The number of pyridine rings is 2. The lowest BCUT2D eigenvalue weighted by Gasteiger charge is -2.07. The Labute approximate surface area is 219 Å². The molecule has 0 atom stereocenters. The third kappa shape index (κ3) is 3.98. The van der Waals surface area contributed by atoms with Gasteiger partial charge in [-0.05, 0) is 42.5 Å². The molecule has 0 unspecified atom stereocenters. The standard InChI is InChI=1S/C25H20ClFN10O/c26-18-4-7-34-14-29-19(23(34)22(18)27)9-28-25(38)20-13-36(33-32-20)12-17-11-35-10-16(15-2-3-15)8-21(24(35)31-17)37-6-1-5-30-37/h1,4-8,10-11,13-15H,2-3,9,12H2,(H,28,38). The van der Waals surface area contributed by atoms with Crippen LogP contribution >= 0.6 is 11.6 Å². The van der Waals surface area contributed by atoms with Crippen LogP contribution in [0.4, 0.5) is 4.39 Å². The van der Waals surface area contributed by atoms with E-state index in [2.05, 4.69) is 38.0 Å². The smallest absolute Gasteiger partial charge is 0.273 e. The Hall–Kier alpha value is -4.58. The van der Waals surface area contributed by atoms with Gasteiger partial charge in [-0.15, -0.1) is 5.10 Å². The summed E-state index contributed by atoms with van der Waals surface area (Å²) in [4.78, 5) is 21.7. The van der Waals surface area contributed by atoms with Gasteiger partial charge in [0.05, 0.1) is 42.0 Å². The van der Waals surface area contributed by atoms with E-state index in [1.165, 1.54) is 35.2 Å². The molecule has 0 aromatic carbocycles. The fourth-order valence-corrected chi connectivity index (χ4v) is 4.71. The molecule has 1 N–H and O–H groups in total. The lowest BCUT2D eigenvalue weighted by molar-refractivity contribution is 0.0945. The van der Waals surface area contributed by atoms with E-state index in [1.54, 1.807) is 23.3 Å². The summed E-state index contributed by atoms with van der Waals surface area (Å²) < 4.78 is 21.4. The minimum absolute atomic E-state index is 0.00538. The number of aromatic nitrogens is 9. The van der Waals surface area contributed by atoms with Gasteiger partial charge < -0.3 is 14.1 Å². The Morgan fingerprint density at radius 3 is 2.89 bits per heavy atom. The first kappa shape index (κ1) is 22.6. The molecule has 13 heteroatoms. The van der Waals surface area contributed by atoms with Crippen molar-refractivity contribution in [2.24, 2.45) is 0 Å². The molecule has 190 valence electrons. The number of imidazole rings is 2. The van der Waals surface area contributed by atoms with E-state index in [9.17, 15) is 9.18 Å². The quantitative estimate of drug-likeness (QED) is 0.338. The Kier molecular flexibility index (Phi) is 5.22. The van der Waals surface area contributed by atoms with Crippen molar-refractivity contribution in [2.75, 3.05) is 0 Å². The van der Waals surface area contributed by atoms with E-state index in [0.29, 0.717) is 18.2 Å². The van der Waals surface area contributed by atoms with E-state index in [1.807, 2.05) is 27.5 Å². The molecule has 38 heavy (non-hydrogen) atoms. The molecule has 1 fully saturated rings. The molecule has 1 saturated carbocycles. The van der Waals surface area contributed by atoms with Crippen molar-refractivity contribution in [3.05, 3.63) is 95.2 Å². The number of rotatable bonds is 7. The SMILES string of the molecule is O=C(NCc1ncn2ccc(Cl)c(F)c12)c1cn(Cc2cn3cc(C4CC4)cc(-n4cccn4)c3n2)nn1. The van der Waals surface area contributed by atoms with Crippen molar-refractivity contribution in [3.63, 3.8) is 0 Å². The topological polar surface area (TPSA) is 112 Å². The Balaban J connectivity index is 1.09. The van der Waals surface area contributed by atoms with E-state index < -0.39 is 11.7 Å². The molecule has 1 amide bonds. The van der Waals surface area contributed by atoms with Crippen molar-refractivity contribution >= 4 is 28.7 Å². The zero-order valence-electron chi connectivity index (χ0n) is 19.9. The predicted molar refractivity (Wildman–Crippen MR) is 135 cm³/mol. The van der Waals surface area contributed by atoms with Crippen LogP contribution in [0, 0.1) is 5.82 Å². The molecule has 0 bridgehead atoms. The van der Waals surface area contributed by atoms with Crippen LogP contribution in [-0.4, -0.2) is 49.5 Å². The summed E-state index contributed by atoms with van der Waals surface area (Å²) in [6, 6.07) is 5.48. The predicted octanol–water partition coefficient (Wildman–Crippen LogP) is 3.41. The zero-order chi connectivity index (χ0) is 25.8. The van der Waals surface area contributed by atoms with Crippen LogP contribution in [0.25, 0.3) is 16.9 Å². The highest BCUT2D eigenvalue weighted by Crippen LogP contribution is 2.41. The lowest BCUT2D eigenvalue weighted by Crippen LogP contribution is -2.23. The highest BCUT2D eigenvalue weighted by molar-refractivity contribution is 6.31. The van der Waals surface area contributed by atoms with E-state index in [4.69, 9.17) is 16.6 Å². The monoisotopic (exact) mass is 530 g/mol. The molecule has 0 radical (unpaired) electrons. The fourth-order valence-electron chi connectivity index (χ4n) is 4.56. The minimum atomic E-state index is -0.589. The number of fused-ring (bicyclic) bond motifs is 2. The molecule has 0 spiro atoms. The molecule has 11 nitrogen and oxygen atoms in total. The second-order valence-electron chi connectivity index (χ2n) is 9.26. The van der Waals surface area contributed by atoms with Gasteiger partial charge in [-0.25, -0.2) is 23.7 Å². The van der Waals surface area contributed by atoms with Gasteiger partial charge in [0.25, 0.3) is 5.91 Å². The molecular weight excluding hydrogens is 511 g/mol. The number of halogens is 2. The van der Waals surface area contributed by atoms with Crippen molar-refractivity contribution in [2.45, 2.75) is 31.8 Å². The van der Waals surface area contributed by atoms with Crippen molar-refractivity contribution in [1.29, 1.82) is 0 Å². The summed E-state index contributed by atoms with van der Waals surface area (Å²) in [6.45, 7) is 0.333. The largest absolute Gasteiger partial charge is 0.345 e. The average molecular weight is 531 g/mol. The van der Waals surface area contributed by atoms with Crippen LogP contribution in [0.15, 0.2) is 61.7 Å². The van der Waals surface area contributed by atoms with Gasteiger partial charge in [0.2, 0.25) is 0 Å². The van der Waals surface area contributed by atoms with E-state index in [-0.39, 0.29) is 22.8 Å². The van der Waals surface area contributed by atoms with E-state index in [0.717, 1.165) is 17.0 Å². The molecule has 6 heterocycles. The molecular formula is C25H20ClFN10O. The van der Waals surface area contributed by atoms with E-state index >= 15 is 0 Å². The van der Waals surface area contributed by atoms with Crippen LogP contribution in [0.5, 0.6) is 0 Å².